The molecule has 2 aliphatic rings. The monoisotopic (exact) mass is 420 g/mol. The van der Waals surface area contributed by atoms with Gasteiger partial charge in [0.15, 0.2) is 0 Å². The van der Waals surface area contributed by atoms with Gasteiger partial charge < -0.3 is 37.9 Å². The van der Waals surface area contributed by atoms with Gasteiger partial charge >= 0.3 is 11.9 Å². The summed E-state index contributed by atoms with van der Waals surface area (Å²) in [7, 11) is 0. The summed E-state index contributed by atoms with van der Waals surface area (Å²) in [6.45, 7) is 5.62. The van der Waals surface area contributed by atoms with Crippen molar-refractivity contribution in [2.45, 2.75) is 31.5 Å². The molecule has 2 aliphatic heterocycles. The fourth-order valence-corrected chi connectivity index (χ4v) is 2.15. The molecule has 2 heterocycles. The minimum Gasteiger partial charge on any atom is -0.463 e. The minimum atomic E-state index is -0.358. The van der Waals surface area contributed by atoms with Crippen molar-refractivity contribution in [2.75, 3.05) is 79.3 Å². The van der Waals surface area contributed by atoms with Gasteiger partial charge in [-0.2, -0.15) is 0 Å². The fourth-order valence-electron chi connectivity index (χ4n) is 2.15. The van der Waals surface area contributed by atoms with E-state index in [-0.39, 0.29) is 50.2 Å². The fraction of sp³-hybridized carbons (Fsp3) is 0.895. The van der Waals surface area contributed by atoms with E-state index in [0.717, 1.165) is 13.2 Å². The highest BCUT2D eigenvalue weighted by Crippen LogP contribution is 2.08. The highest BCUT2D eigenvalue weighted by atomic mass is 16.6. The number of carbonyl (C=O) groups excluding carboxylic acids is 2. The lowest BCUT2D eigenvalue weighted by Gasteiger charge is -2.07. The summed E-state index contributed by atoms with van der Waals surface area (Å²) in [6, 6.07) is 0. The standard InChI is InChI=1S/C19H32O10/c20-18(26-10-8-22-4-6-24-12-16-14-28-16)2-1-3-19(21)27-11-9-23-5-7-25-13-17-15-29-17/h16-17H,1-15H2. The molecule has 0 aromatic heterocycles. The Morgan fingerprint density at radius 3 is 1.41 bits per heavy atom. The van der Waals surface area contributed by atoms with Crippen molar-refractivity contribution in [3.05, 3.63) is 0 Å². The lowest BCUT2D eigenvalue weighted by Crippen LogP contribution is -2.15. The van der Waals surface area contributed by atoms with Gasteiger partial charge in [0.2, 0.25) is 0 Å². The van der Waals surface area contributed by atoms with Gasteiger partial charge in [-0.3, -0.25) is 9.59 Å². The molecule has 0 N–H and O–H groups in total. The van der Waals surface area contributed by atoms with Crippen LogP contribution in [0.1, 0.15) is 19.3 Å². The quantitative estimate of drug-likeness (QED) is 0.153. The van der Waals surface area contributed by atoms with Gasteiger partial charge in [-0.1, -0.05) is 0 Å². The second-order valence-corrected chi connectivity index (χ2v) is 6.58. The second kappa shape index (κ2) is 15.5. The van der Waals surface area contributed by atoms with Crippen LogP contribution in [0.15, 0.2) is 0 Å². The smallest absolute Gasteiger partial charge is 0.305 e. The van der Waals surface area contributed by atoms with E-state index in [9.17, 15) is 9.59 Å². The van der Waals surface area contributed by atoms with Crippen LogP contribution in [0, 0.1) is 0 Å². The van der Waals surface area contributed by atoms with Crippen LogP contribution in [0.3, 0.4) is 0 Å². The third-order valence-electron chi connectivity index (χ3n) is 3.90. The topological polar surface area (TPSA) is 115 Å². The molecule has 168 valence electrons. The van der Waals surface area contributed by atoms with Crippen LogP contribution in [-0.4, -0.2) is 103 Å². The minimum absolute atomic E-state index is 0.165. The van der Waals surface area contributed by atoms with E-state index in [1.807, 2.05) is 0 Å². The lowest BCUT2D eigenvalue weighted by atomic mass is 10.2. The van der Waals surface area contributed by atoms with E-state index < -0.39 is 0 Å². The first-order chi connectivity index (χ1) is 14.2. The Labute approximate surface area is 171 Å². The summed E-state index contributed by atoms with van der Waals surface area (Å²) in [6.07, 6.45) is 1.21. The van der Waals surface area contributed by atoms with Crippen LogP contribution in [0.4, 0.5) is 0 Å². The van der Waals surface area contributed by atoms with Gasteiger partial charge in [0.1, 0.15) is 25.4 Å². The van der Waals surface area contributed by atoms with Crippen molar-refractivity contribution in [2.24, 2.45) is 0 Å². The predicted octanol–water partition coefficient (Wildman–Crippen LogP) is 0.107. The molecule has 10 nitrogen and oxygen atoms in total. The highest BCUT2D eigenvalue weighted by Gasteiger charge is 2.22. The third-order valence-corrected chi connectivity index (χ3v) is 3.90. The Bertz CT molecular complexity index is 410. The number of rotatable bonds is 20. The third kappa shape index (κ3) is 15.2. The number of hydrogen-bond donors (Lipinski definition) is 0. The molecule has 0 aromatic carbocycles. The zero-order valence-corrected chi connectivity index (χ0v) is 16.8. The molecule has 0 radical (unpaired) electrons. The van der Waals surface area contributed by atoms with E-state index in [0.29, 0.717) is 59.3 Å². The van der Waals surface area contributed by atoms with Crippen LogP contribution in [-0.2, 0) is 47.5 Å². The molecule has 2 rings (SSSR count). The molecule has 0 bridgehead atoms. The molecule has 0 spiro atoms. The Balaban J connectivity index is 1.25. The summed E-state index contributed by atoms with van der Waals surface area (Å²) in [5, 5.41) is 0. The first-order valence-electron chi connectivity index (χ1n) is 10.1. The van der Waals surface area contributed by atoms with Gasteiger partial charge in [0.25, 0.3) is 0 Å². The zero-order valence-electron chi connectivity index (χ0n) is 16.8. The van der Waals surface area contributed by atoms with Gasteiger partial charge in [0, 0.05) is 12.8 Å². The average molecular weight is 420 g/mol. The SMILES string of the molecule is O=C(CCCC(=O)OCCOCCOCC1CO1)OCCOCCOCC1CO1. The predicted molar refractivity (Wildman–Crippen MR) is 98.5 cm³/mol. The first kappa shape index (κ1) is 24.0. The van der Waals surface area contributed by atoms with E-state index in [2.05, 4.69) is 0 Å². The van der Waals surface area contributed by atoms with E-state index in [4.69, 9.17) is 37.9 Å². The number of ether oxygens (including phenoxy) is 8. The molecule has 0 amide bonds. The number of esters is 2. The van der Waals surface area contributed by atoms with E-state index >= 15 is 0 Å². The molecular weight excluding hydrogens is 388 g/mol. The number of hydrogen-bond acceptors (Lipinski definition) is 10. The van der Waals surface area contributed by atoms with Crippen LogP contribution in [0.25, 0.3) is 0 Å². The molecule has 0 aliphatic carbocycles. The van der Waals surface area contributed by atoms with E-state index in [1.165, 1.54) is 0 Å². The molecule has 2 unspecified atom stereocenters. The van der Waals surface area contributed by atoms with Crippen molar-refractivity contribution in [1.82, 2.24) is 0 Å². The van der Waals surface area contributed by atoms with Crippen LogP contribution < -0.4 is 0 Å². The van der Waals surface area contributed by atoms with Crippen molar-refractivity contribution in [3.8, 4) is 0 Å². The largest absolute Gasteiger partial charge is 0.463 e. The molecule has 10 heteroatoms. The van der Waals surface area contributed by atoms with Crippen molar-refractivity contribution < 1.29 is 47.5 Å². The molecular formula is C19H32O10. The van der Waals surface area contributed by atoms with Gasteiger partial charge in [-0.15, -0.1) is 0 Å². The van der Waals surface area contributed by atoms with Gasteiger partial charge in [-0.05, 0) is 6.42 Å². The lowest BCUT2D eigenvalue weighted by molar-refractivity contribution is -0.147. The Kier molecular flexibility index (Phi) is 12.8. The highest BCUT2D eigenvalue weighted by molar-refractivity contribution is 5.72. The van der Waals surface area contributed by atoms with Gasteiger partial charge in [-0.25, -0.2) is 0 Å². The molecule has 0 aromatic rings. The summed E-state index contributed by atoms with van der Waals surface area (Å²) in [5.74, 6) is -0.716. The summed E-state index contributed by atoms with van der Waals surface area (Å²) in [5.41, 5.74) is 0. The van der Waals surface area contributed by atoms with Crippen molar-refractivity contribution >= 4 is 11.9 Å². The molecule has 2 atom stereocenters. The maximum atomic E-state index is 11.6. The summed E-state index contributed by atoms with van der Waals surface area (Å²) >= 11 is 0. The summed E-state index contributed by atoms with van der Waals surface area (Å²) in [4.78, 5) is 23.1. The van der Waals surface area contributed by atoms with Crippen LogP contribution in [0.5, 0.6) is 0 Å². The molecule has 0 saturated carbocycles. The van der Waals surface area contributed by atoms with Crippen molar-refractivity contribution in [3.63, 3.8) is 0 Å². The van der Waals surface area contributed by atoms with Crippen molar-refractivity contribution in [1.29, 1.82) is 0 Å². The Morgan fingerprint density at radius 1 is 0.621 bits per heavy atom. The Morgan fingerprint density at radius 2 is 1.00 bits per heavy atom. The molecule has 2 saturated heterocycles. The molecule has 29 heavy (non-hydrogen) atoms. The first-order valence-corrected chi connectivity index (χ1v) is 10.1. The normalized spacial score (nSPS) is 19.7. The zero-order chi connectivity index (χ0) is 20.6. The Hall–Kier alpha value is -1.30. The maximum absolute atomic E-state index is 11.6. The van der Waals surface area contributed by atoms with Gasteiger partial charge in [0.05, 0.1) is 66.1 Å². The second-order valence-electron chi connectivity index (χ2n) is 6.58. The maximum Gasteiger partial charge on any atom is 0.305 e. The number of carbonyl (C=O) groups is 2. The molecule has 2 fully saturated rings. The summed E-state index contributed by atoms with van der Waals surface area (Å²) < 4.78 is 41.3. The average Bonchev–Trinajstić information content (AvgIpc) is 3.61. The number of epoxide rings is 2. The van der Waals surface area contributed by atoms with Crippen LogP contribution in [0.2, 0.25) is 0 Å². The van der Waals surface area contributed by atoms with Crippen LogP contribution >= 0.6 is 0 Å². The van der Waals surface area contributed by atoms with E-state index in [1.54, 1.807) is 0 Å².